The number of carbonyl (C=O) groups excluding carboxylic acids is 4. The van der Waals surface area contributed by atoms with Crippen LogP contribution in [-0.2, 0) is 38.1 Å². The molecule has 2 fully saturated rings. The summed E-state index contributed by atoms with van der Waals surface area (Å²) in [6.45, 7) is 2.18. The van der Waals surface area contributed by atoms with Gasteiger partial charge >= 0.3 is 23.9 Å². The van der Waals surface area contributed by atoms with Crippen LogP contribution in [0.5, 0.6) is 0 Å². The Hall–Kier alpha value is -2.38. The molecule has 0 spiro atoms. The van der Waals surface area contributed by atoms with Crippen LogP contribution in [0.4, 0.5) is 0 Å². The molecule has 2 unspecified atom stereocenters. The molecule has 0 saturated heterocycles. The van der Waals surface area contributed by atoms with Gasteiger partial charge in [0.15, 0.2) is 10.8 Å². The molecule has 4 atom stereocenters. The predicted octanol–water partition coefficient (Wildman–Crippen LogP) is 2.44. The van der Waals surface area contributed by atoms with Crippen LogP contribution in [0, 0.1) is 34.0 Å². The van der Waals surface area contributed by atoms with Crippen molar-refractivity contribution in [2.45, 2.75) is 45.4 Å². The summed E-state index contributed by atoms with van der Waals surface area (Å²) < 4.78 is 19.9. The van der Waals surface area contributed by atoms with Crippen LogP contribution in [0.15, 0.2) is 12.2 Å². The van der Waals surface area contributed by atoms with E-state index in [4.69, 9.17) is 18.9 Å². The number of esters is 4. The van der Waals surface area contributed by atoms with Crippen molar-refractivity contribution in [1.29, 1.82) is 0 Å². The fraction of sp³-hybridized carbons (Fsp3) is 0.739. The summed E-state index contributed by atoms with van der Waals surface area (Å²) in [5.74, 6) is -2.05. The third-order valence-corrected chi connectivity index (χ3v) is 8.23. The van der Waals surface area contributed by atoms with Crippen molar-refractivity contribution in [3.8, 4) is 0 Å². The smallest absolute Gasteiger partial charge is 0.323 e. The van der Waals surface area contributed by atoms with E-state index in [0.29, 0.717) is 38.5 Å². The molecule has 3 aliphatic rings. The van der Waals surface area contributed by atoms with Crippen molar-refractivity contribution >= 4 is 23.9 Å². The first-order chi connectivity index (χ1) is 14.6. The Morgan fingerprint density at radius 3 is 1.68 bits per heavy atom. The number of ether oxygens (including phenoxy) is 4. The summed E-state index contributed by atoms with van der Waals surface area (Å²) in [5, 5.41) is 0. The summed E-state index contributed by atoms with van der Waals surface area (Å²) in [5.41, 5.74) is -2.78. The SMILES string of the molecule is COC(=O)C1(C(=O)OC)CC[C@H]2C(C=CC3CC(C(=O)OC)(C(=O)OC)CC[C@]32C)C1. The maximum atomic E-state index is 12.6. The van der Waals surface area contributed by atoms with E-state index in [1.54, 1.807) is 0 Å². The minimum Gasteiger partial charge on any atom is -0.468 e. The van der Waals surface area contributed by atoms with Gasteiger partial charge in [-0.25, -0.2) is 0 Å². The normalized spacial score (nSPS) is 32.6. The van der Waals surface area contributed by atoms with E-state index in [1.165, 1.54) is 28.4 Å². The molecule has 0 aliphatic heterocycles. The lowest BCUT2D eigenvalue weighted by molar-refractivity contribution is -0.182. The second-order valence-electron chi connectivity index (χ2n) is 9.35. The van der Waals surface area contributed by atoms with Crippen molar-refractivity contribution in [1.82, 2.24) is 0 Å². The molecule has 3 rings (SSSR count). The van der Waals surface area contributed by atoms with Crippen molar-refractivity contribution in [2.75, 3.05) is 28.4 Å². The van der Waals surface area contributed by atoms with E-state index < -0.39 is 34.7 Å². The predicted molar refractivity (Wildman–Crippen MR) is 108 cm³/mol. The number of fused-ring (bicyclic) bond motifs is 3. The summed E-state index contributed by atoms with van der Waals surface area (Å²) >= 11 is 0. The van der Waals surface area contributed by atoms with Crippen LogP contribution in [0.3, 0.4) is 0 Å². The molecule has 8 heteroatoms. The van der Waals surface area contributed by atoms with E-state index in [-0.39, 0.29) is 23.2 Å². The molecular formula is C23H32O8. The fourth-order valence-corrected chi connectivity index (χ4v) is 6.38. The van der Waals surface area contributed by atoms with E-state index >= 15 is 0 Å². The topological polar surface area (TPSA) is 105 Å². The van der Waals surface area contributed by atoms with Gasteiger partial charge in [0.1, 0.15) is 0 Å². The summed E-state index contributed by atoms with van der Waals surface area (Å²) in [7, 11) is 5.14. The number of hydrogen-bond acceptors (Lipinski definition) is 8. The molecule has 0 N–H and O–H groups in total. The molecule has 0 heterocycles. The number of allylic oxidation sites excluding steroid dienone is 2. The molecule has 0 radical (unpaired) electrons. The lowest BCUT2D eigenvalue weighted by Gasteiger charge is -2.57. The molecule has 172 valence electrons. The maximum absolute atomic E-state index is 12.6. The largest absolute Gasteiger partial charge is 0.468 e. The van der Waals surface area contributed by atoms with Gasteiger partial charge in [-0.15, -0.1) is 0 Å². The Kier molecular flexibility index (Phi) is 6.22. The van der Waals surface area contributed by atoms with Gasteiger partial charge in [0, 0.05) is 0 Å². The molecule has 0 amide bonds. The lowest BCUT2D eigenvalue weighted by atomic mass is 9.47. The van der Waals surface area contributed by atoms with Gasteiger partial charge in [-0.3, -0.25) is 19.2 Å². The van der Waals surface area contributed by atoms with Crippen molar-refractivity contribution in [2.24, 2.45) is 34.0 Å². The van der Waals surface area contributed by atoms with E-state index in [1.807, 2.05) is 12.2 Å². The van der Waals surface area contributed by atoms with Gasteiger partial charge in [0.2, 0.25) is 0 Å². The zero-order valence-corrected chi connectivity index (χ0v) is 18.9. The minimum absolute atomic E-state index is 0.00282. The monoisotopic (exact) mass is 436 g/mol. The average Bonchev–Trinajstić information content (AvgIpc) is 2.80. The molecule has 8 nitrogen and oxygen atoms in total. The fourth-order valence-electron chi connectivity index (χ4n) is 6.38. The maximum Gasteiger partial charge on any atom is 0.323 e. The van der Waals surface area contributed by atoms with Crippen molar-refractivity contribution in [3.05, 3.63) is 12.2 Å². The van der Waals surface area contributed by atoms with Crippen LogP contribution in [0.1, 0.15) is 45.4 Å². The van der Waals surface area contributed by atoms with Crippen LogP contribution in [0.2, 0.25) is 0 Å². The Balaban J connectivity index is 1.93. The molecule has 3 aliphatic carbocycles. The van der Waals surface area contributed by atoms with Crippen molar-refractivity contribution < 1.29 is 38.1 Å². The zero-order valence-electron chi connectivity index (χ0n) is 18.9. The van der Waals surface area contributed by atoms with Crippen molar-refractivity contribution in [3.63, 3.8) is 0 Å². The average molecular weight is 437 g/mol. The number of hydrogen-bond donors (Lipinski definition) is 0. The number of carbonyl (C=O) groups is 4. The lowest BCUT2D eigenvalue weighted by Crippen LogP contribution is -2.56. The molecule has 31 heavy (non-hydrogen) atoms. The molecular weight excluding hydrogens is 404 g/mol. The molecule has 0 aromatic heterocycles. The first-order valence-electron chi connectivity index (χ1n) is 10.7. The Morgan fingerprint density at radius 1 is 0.710 bits per heavy atom. The highest BCUT2D eigenvalue weighted by Crippen LogP contribution is 2.62. The standard InChI is InChI=1S/C23H32O8/c1-21-10-11-23(19(26)30-4,20(27)31-5)13-15(21)7-6-14-12-22(17(24)28-2,18(25)29-3)9-8-16(14)21/h6-7,14-16H,8-13H2,1-5H3/t14?,15?,16-,21+/m0/s1. The van der Waals surface area contributed by atoms with Gasteiger partial charge < -0.3 is 18.9 Å². The third-order valence-electron chi connectivity index (χ3n) is 8.23. The number of methoxy groups -OCH3 is 4. The van der Waals surface area contributed by atoms with Gasteiger partial charge in [-0.1, -0.05) is 19.1 Å². The highest BCUT2D eigenvalue weighted by Gasteiger charge is 2.62. The second kappa shape index (κ2) is 8.28. The van der Waals surface area contributed by atoms with Gasteiger partial charge in [-0.05, 0) is 61.7 Å². The van der Waals surface area contributed by atoms with Crippen LogP contribution >= 0.6 is 0 Å². The quantitative estimate of drug-likeness (QED) is 0.286. The second-order valence-corrected chi connectivity index (χ2v) is 9.35. The first-order valence-corrected chi connectivity index (χ1v) is 10.7. The molecule has 2 saturated carbocycles. The Morgan fingerprint density at radius 2 is 1.19 bits per heavy atom. The Labute approximate surface area is 182 Å². The van der Waals surface area contributed by atoms with Gasteiger partial charge in [-0.2, -0.15) is 0 Å². The van der Waals surface area contributed by atoms with E-state index in [9.17, 15) is 19.2 Å². The summed E-state index contributed by atoms with van der Waals surface area (Å²) in [4.78, 5) is 50.4. The highest BCUT2D eigenvalue weighted by molar-refractivity contribution is 6.01. The zero-order chi connectivity index (χ0) is 23.0. The molecule has 0 aromatic carbocycles. The number of rotatable bonds is 4. The first kappa shape index (κ1) is 23.3. The highest BCUT2D eigenvalue weighted by atomic mass is 16.6. The summed E-state index contributed by atoms with van der Waals surface area (Å²) in [6, 6.07) is 0. The Bertz CT molecular complexity index is 767. The van der Waals surface area contributed by atoms with Crippen LogP contribution in [0.25, 0.3) is 0 Å². The van der Waals surface area contributed by atoms with Crippen LogP contribution < -0.4 is 0 Å². The van der Waals surface area contributed by atoms with Crippen LogP contribution in [-0.4, -0.2) is 52.3 Å². The molecule has 0 bridgehead atoms. The minimum atomic E-state index is -1.30. The van der Waals surface area contributed by atoms with E-state index in [2.05, 4.69) is 6.92 Å². The molecule has 0 aromatic rings. The van der Waals surface area contributed by atoms with Gasteiger partial charge in [0.25, 0.3) is 0 Å². The van der Waals surface area contributed by atoms with Gasteiger partial charge in [0.05, 0.1) is 28.4 Å². The van der Waals surface area contributed by atoms with E-state index in [0.717, 1.165) is 0 Å². The summed E-state index contributed by atoms with van der Waals surface area (Å²) in [6.07, 6.45) is 6.69. The third kappa shape index (κ3) is 3.34.